The fourth-order valence-corrected chi connectivity index (χ4v) is 6.20. The molecule has 0 radical (unpaired) electrons. The fraction of sp³-hybridized carbons (Fsp3) is 0.235. The Morgan fingerprint density at radius 3 is 1.89 bits per heavy atom. The Kier molecular flexibility index (Phi) is 11.0. The summed E-state index contributed by atoms with van der Waals surface area (Å²) in [7, 11) is -4.30. The van der Waals surface area contributed by atoms with Gasteiger partial charge in [0.25, 0.3) is 15.7 Å². The van der Waals surface area contributed by atoms with Gasteiger partial charge in [-0.25, -0.2) is 8.42 Å². The minimum absolute atomic E-state index is 0.0462. The van der Waals surface area contributed by atoms with E-state index in [0.29, 0.717) is 6.42 Å². The Morgan fingerprint density at radius 2 is 1.36 bits per heavy atom. The minimum atomic E-state index is -4.30. The first kappa shape index (κ1) is 32.9. The lowest BCUT2D eigenvalue weighted by Gasteiger charge is -2.34. The molecule has 0 bridgehead atoms. The third kappa shape index (κ3) is 8.54. The van der Waals surface area contributed by atoms with Crippen LogP contribution in [-0.4, -0.2) is 48.7 Å². The second kappa shape index (κ2) is 15.1. The molecule has 0 aliphatic heterocycles. The van der Waals surface area contributed by atoms with Gasteiger partial charge >= 0.3 is 0 Å². The summed E-state index contributed by atoms with van der Waals surface area (Å²) in [4.78, 5) is 40.3. The molecule has 0 heterocycles. The normalized spacial score (nSPS) is 12.5. The molecular weight excluding hydrogens is 592 g/mol. The molecule has 0 fully saturated rings. The highest BCUT2D eigenvalue weighted by molar-refractivity contribution is 7.92. The number of carbonyl (C=O) groups is 2. The molecule has 4 rings (SSSR count). The second-order valence-electron chi connectivity index (χ2n) is 10.6. The molecule has 0 unspecified atom stereocenters. The van der Waals surface area contributed by atoms with Gasteiger partial charge in [0.1, 0.15) is 12.6 Å². The fourth-order valence-electron chi connectivity index (χ4n) is 4.76. The third-order valence-corrected chi connectivity index (χ3v) is 9.21. The van der Waals surface area contributed by atoms with E-state index in [1.165, 1.54) is 41.3 Å². The number of nitrogens with one attached hydrogen (secondary N) is 1. The molecule has 10 nitrogen and oxygen atoms in total. The summed E-state index contributed by atoms with van der Waals surface area (Å²) in [6, 6.07) is 30.0. The van der Waals surface area contributed by atoms with Gasteiger partial charge in [0.05, 0.1) is 15.5 Å². The van der Waals surface area contributed by atoms with Gasteiger partial charge in [0, 0.05) is 31.1 Å². The van der Waals surface area contributed by atoms with Crippen LogP contribution in [0.3, 0.4) is 0 Å². The molecule has 234 valence electrons. The molecule has 0 aliphatic rings. The molecule has 2 amide bonds. The van der Waals surface area contributed by atoms with Crippen molar-refractivity contribution in [3.8, 4) is 0 Å². The van der Waals surface area contributed by atoms with E-state index in [9.17, 15) is 28.1 Å². The van der Waals surface area contributed by atoms with E-state index < -0.39 is 33.4 Å². The number of anilines is 1. The van der Waals surface area contributed by atoms with Gasteiger partial charge in [-0.3, -0.25) is 24.0 Å². The van der Waals surface area contributed by atoms with Crippen molar-refractivity contribution in [1.82, 2.24) is 10.2 Å². The molecule has 4 aromatic rings. The summed E-state index contributed by atoms with van der Waals surface area (Å²) < 4.78 is 28.9. The van der Waals surface area contributed by atoms with E-state index in [4.69, 9.17) is 0 Å². The number of hydrogen-bond donors (Lipinski definition) is 1. The largest absolute Gasteiger partial charge is 0.352 e. The molecule has 0 spiro atoms. The maximum Gasteiger partial charge on any atom is 0.269 e. The molecule has 1 N–H and O–H groups in total. The van der Waals surface area contributed by atoms with Crippen molar-refractivity contribution in [1.29, 1.82) is 0 Å². The number of non-ortho nitro benzene ring substituents is 1. The average Bonchev–Trinajstić information content (AvgIpc) is 3.06. The standard InChI is InChI=1S/C34H36N4O6S/c1-3-26(2)35-34(40)32(23-27-13-7-4-8-14-27)36(24-28-15-9-5-10-16-28)33(39)25-37(29-19-21-30(22-20-29)38(41)42)45(43,44)31-17-11-6-12-18-31/h4-22,26,32H,3,23-25H2,1-2H3,(H,35,40)/t26-,32+/m0/s1. The second-order valence-corrected chi connectivity index (χ2v) is 12.5. The maximum atomic E-state index is 14.4. The van der Waals surface area contributed by atoms with Crippen molar-refractivity contribution < 1.29 is 22.9 Å². The Hall–Kier alpha value is -5.03. The first-order valence-corrected chi connectivity index (χ1v) is 16.0. The van der Waals surface area contributed by atoms with Crippen LogP contribution in [-0.2, 0) is 32.6 Å². The van der Waals surface area contributed by atoms with Crippen LogP contribution in [0.25, 0.3) is 0 Å². The molecule has 0 saturated carbocycles. The Balaban J connectivity index is 1.80. The van der Waals surface area contributed by atoms with Crippen LogP contribution in [0, 0.1) is 10.1 Å². The lowest BCUT2D eigenvalue weighted by atomic mass is 10.0. The van der Waals surface area contributed by atoms with E-state index in [1.807, 2.05) is 74.5 Å². The van der Waals surface area contributed by atoms with E-state index in [1.54, 1.807) is 18.2 Å². The minimum Gasteiger partial charge on any atom is -0.352 e. The van der Waals surface area contributed by atoms with E-state index >= 15 is 0 Å². The summed E-state index contributed by atoms with van der Waals surface area (Å²) >= 11 is 0. The Morgan fingerprint density at radius 1 is 0.822 bits per heavy atom. The number of carbonyl (C=O) groups excluding carboxylic acids is 2. The molecule has 0 aliphatic carbocycles. The highest BCUT2D eigenvalue weighted by Crippen LogP contribution is 2.27. The molecule has 11 heteroatoms. The van der Waals surface area contributed by atoms with Crippen molar-refractivity contribution >= 4 is 33.2 Å². The first-order chi connectivity index (χ1) is 21.6. The van der Waals surface area contributed by atoms with Gasteiger partial charge < -0.3 is 10.2 Å². The molecule has 0 aromatic heterocycles. The van der Waals surface area contributed by atoms with E-state index in [-0.39, 0.29) is 41.2 Å². The van der Waals surface area contributed by atoms with Crippen LogP contribution in [0.1, 0.15) is 31.4 Å². The lowest BCUT2D eigenvalue weighted by molar-refractivity contribution is -0.384. The first-order valence-electron chi connectivity index (χ1n) is 14.6. The molecular formula is C34H36N4O6S. The zero-order valence-electron chi connectivity index (χ0n) is 25.2. The Bertz CT molecular complexity index is 1690. The SMILES string of the molecule is CC[C@H](C)NC(=O)[C@@H](Cc1ccccc1)N(Cc1ccccc1)C(=O)CN(c1ccc([N+](=O)[O-])cc1)S(=O)(=O)c1ccccc1. The average molecular weight is 629 g/mol. The monoisotopic (exact) mass is 628 g/mol. The highest BCUT2D eigenvalue weighted by Gasteiger charge is 2.35. The molecule has 0 saturated heterocycles. The summed E-state index contributed by atoms with van der Waals surface area (Å²) in [6.07, 6.45) is 0.879. The van der Waals surface area contributed by atoms with Gasteiger partial charge in [0.2, 0.25) is 11.8 Å². The third-order valence-electron chi connectivity index (χ3n) is 7.43. The highest BCUT2D eigenvalue weighted by atomic mass is 32.2. The number of hydrogen-bond acceptors (Lipinski definition) is 6. The Labute approximate surface area is 263 Å². The van der Waals surface area contributed by atoms with E-state index in [0.717, 1.165) is 15.4 Å². The van der Waals surface area contributed by atoms with Crippen LogP contribution in [0.4, 0.5) is 11.4 Å². The molecule has 4 aromatic carbocycles. The van der Waals surface area contributed by atoms with Crippen molar-refractivity contribution in [2.24, 2.45) is 0 Å². The number of nitrogens with zero attached hydrogens (tertiary/aromatic N) is 3. The van der Waals surface area contributed by atoms with Gasteiger partial charge in [0.15, 0.2) is 0 Å². The zero-order chi connectivity index (χ0) is 32.4. The van der Waals surface area contributed by atoms with Gasteiger partial charge in [-0.15, -0.1) is 0 Å². The molecule has 2 atom stereocenters. The number of amides is 2. The van der Waals surface area contributed by atoms with Crippen molar-refractivity contribution in [2.45, 2.75) is 50.2 Å². The summed E-state index contributed by atoms with van der Waals surface area (Å²) in [5, 5.41) is 14.3. The number of benzene rings is 4. The van der Waals surface area contributed by atoms with Gasteiger partial charge in [-0.1, -0.05) is 85.8 Å². The van der Waals surface area contributed by atoms with Crippen molar-refractivity contribution in [3.63, 3.8) is 0 Å². The molecule has 45 heavy (non-hydrogen) atoms. The summed E-state index contributed by atoms with van der Waals surface area (Å²) in [5.41, 5.74) is 1.43. The number of rotatable bonds is 14. The van der Waals surface area contributed by atoms with Crippen LogP contribution < -0.4 is 9.62 Å². The number of nitro benzene ring substituents is 1. The van der Waals surface area contributed by atoms with Crippen molar-refractivity contribution in [3.05, 3.63) is 137 Å². The predicted molar refractivity (Wildman–Crippen MR) is 173 cm³/mol. The van der Waals surface area contributed by atoms with Gasteiger partial charge in [-0.05, 0) is 48.7 Å². The smallest absolute Gasteiger partial charge is 0.269 e. The van der Waals surface area contributed by atoms with Crippen LogP contribution >= 0.6 is 0 Å². The van der Waals surface area contributed by atoms with Gasteiger partial charge in [-0.2, -0.15) is 0 Å². The maximum absolute atomic E-state index is 14.4. The summed E-state index contributed by atoms with van der Waals surface area (Å²) in [5.74, 6) is -0.970. The lowest BCUT2D eigenvalue weighted by Crippen LogP contribution is -2.54. The van der Waals surface area contributed by atoms with Crippen LogP contribution in [0.5, 0.6) is 0 Å². The van der Waals surface area contributed by atoms with E-state index in [2.05, 4.69) is 5.32 Å². The predicted octanol–water partition coefficient (Wildman–Crippen LogP) is 5.34. The quantitative estimate of drug-likeness (QED) is 0.148. The topological polar surface area (TPSA) is 130 Å². The number of nitro groups is 1. The van der Waals surface area contributed by atoms with Crippen molar-refractivity contribution in [2.75, 3.05) is 10.8 Å². The number of sulfonamides is 1. The zero-order valence-corrected chi connectivity index (χ0v) is 26.0. The van der Waals surface area contributed by atoms with Crippen LogP contribution in [0.15, 0.2) is 120 Å². The summed E-state index contributed by atoms with van der Waals surface area (Å²) in [6.45, 7) is 3.22. The van der Waals surface area contributed by atoms with Crippen LogP contribution in [0.2, 0.25) is 0 Å².